The number of rotatable bonds is 4. The Kier molecular flexibility index (Phi) is 3.00. The van der Waals surface area contributed by atoms with Crippen molar-refractivity contribution in [1.29, 1.82) is 0 Å². The molecule has 0 radical (unpaired) electrons. The highest BCUT2D eigenvalue weighted by atomic mass is 32.2. The molecule has 0 bridgehead atoms. The summed E-state index contributed by atoms with van der Waals surface area (Å²) in [5.74, 6) is 1.16. The van der Waals surface area contributed by atoms with E-state index < -0.39 is 5.97 Å². The lowest BCUT2D eigenvalue weighted by Crippen LogP contribution is -2.00. The van der Waals surface area contributed by atoms with E-state index in [9.17, 15) is 4.79 Å². The first-order valence-electron chi connectivity index (χ1n) is 5.14. The van der Waals surface area contributed by atoms with Gasteiger partial charge in [-0.2, -0.15) is 0 Å². The molecule has 2 nitrogen and oxygen atoms in total. The molecule has 0 aliphatic heterocycles. The fourth-order valence-electron chi connectivity index (χ4n) is 1.49. The lowest BCUT2D eigenvalue weighted by atomic mass is 10.1. The van der Waals surface area contributed by atoms with E-state index in [-0.39, 0.29) is 0 Å². The lowest BCUT2D eigenvalue weighted by molar-refractivity contribution is 0.0696. The summed E-state index contributed by atoms with van der Waals surface area (Å²) in [6, 6.07) is 5.50. The Balaban J connectivity index is 2.14. The van der Waals surface area contributed by atoms with Gasteiger partial charge in [0.15, 0.2) is 0 Å². The minimum atomic E-state index is -0.832. The average Bonchev–Trinajstić information content (AvgIpc) is 2.99. The molecule has 80 valence electrons. The first kappa shape index (κ1) is 10.6. The van der Waals surface area contributed by atoms with Gasteiger partial charge >= 0.3 is 5.97 Å². The Bertz CT molecular complexity index is 383. The Morgan fingerprint density at radius 2 is 2.27 bits per heavy atom. The summed E-state index contributed by atoms with van der Waals surface area (Å²) in [4.78, 5) is 12.0. The van der Waals surface area contributed by atoms with Crippen LogP contribution < -0.4 is 0 Å². The molecule has 0 saturated heterocycles. The van der Waals surface area contributed by atoms with Crippen molar-refractivity contribution in [1.82, 2.24) is 0 Å². The van der Waals surface area contributed by atoms with Crippen LogP contribution >= 0.6 is 11.8 Å². The van der Waals surface area contributed by atoms with Crippen LogP contribution in [0.2, 0.25) is 0 Å². The normalized spacial score (nSPS) is 15.3. The third kappa shape index (κ3) is 2.53. The van der Waals surface area contributed by atoms with Gasteiger partial charge in [0.25, 0.3) is 0 Å². The quantitative estimate of drug-likeness (QED) is 0.795. The summed E-state index contributed by atoms with van der Waals surface area (Å²) in [5.41, 5.74) is 1.33. The van der Waals surface area contributed by atoms with E-state index in [0.29, 0.717) is 5.56 Å². The first-order chi connectivity index (χ1) is 7.18. The largest absolute Gasteiger partial charge is 0.478 e. The molecule has 15 heavy (non-hydrogen) atoms. The van der Waals surface area contributed by atoms with Gasteiger partial charge in [-0.05, 0) is 43.4 Å². The molecular formula is C12H14O2S. The summed E-state index contributed by atoms with van der Waals surface area (Å²) in [7, 11) is 0. The second kappa shape index (κ2) is 4.27. The highest BCUT2D eigenvalue weighted by Gasteiger charge is 2.21. The summed E-state index contributed by atoms with van der Waals surface area (Å²) in [6.45, 7) is 1.89. The molecule has 1 N–H and O–H groups in total. The fourth-order valence-corrected chi connectivity index (χ4v) is 2.74. The predicted molar refractivity (Wildman–Crippen MR) is 61.6 cm³/mol. The van der Waals surface area contributed by atoms with E-state index in [1.54, 1.807) is 17.8 Å². The maximum Gasteiger partial charge on any atom is 0.335 e. The lowest BCUT2D eigenvalue weighted by Gasteiger charge is -2.07. The molecule has 1 aliphatic rings. The molecule has 0 spiro atoms. The number of carboxylic acids is 1. The molecule has 1 fully saturated rings. The predicted octanol–water partition coefficient (Wildman–Crippen LogP) is 3.20. The maximum absolute atomic E-state index is 10.9. The van der Waals surface area contributed by atoms with E-state index in [1.165, 1.54) is 12.8 Å². The number of benzene rings is 1. The average molecular weight is 222 g/mol. The van der Waals surface area contributed by atoms with Gasteiger partial charge in [-0.25, -0.2) is 4.79 Å². The van der Waals surface area contributed by atoms with E-state index >= 15 is 0 Å². The molecular weight excluding hydrogens is 208 g/mol. The molecule has 1 aromatic carbocycles. The molecule has 0 atom stereocenters. The standard InChI is InChI=1S/C12H14O2S/c1-8-10(12(13)14)3-2-4-11(8)15-7-9-5-6-9/h2-4,9H,5-7H2,1H3,(H,13,14). The van der Waals surface area contributed by atoms with Gasteiger partial charge in [-0.1, -0.05) is 6.07 Å². The molecule has 0 aromatic heterocycles. The molecule has 3 heteroatoms. The maximum atomic E-state index is 10.9. The summed E-state index contributed by atoms with van der Waals surface area (Å²) < 4.78 is 0. The molecule has 1 aromatic rings. The fraction of sp³-hybridized carbons (Fsp3) is 0.417. The SMILES string of the molecule is Cc1c(SCC2CC2)cccc1C(=O)O. The summed E-state index contributed by atoms with van der Waals surface area (Å²) >= 11 is 1.79. The Morgan fingerprint density at radius 3 is 2.87 bits per heavy atom. The number of thioether (sulfide) groups is 1. The molecule has 1 saturated carbocycles. The molecule has 1 aliphatic carbocycles. The summed E-state index contributed by atoms with van der Waals surface area (Å²) in [6.07, 6.45) is 2.68. The monoisotopic (exact) mass is 222 g/mol. The van der Waals surface area contributed by atoms with Gasteiger partial charge in [0.2, 0.25) is 0 Å². The molecule has 0 amide bonds. The van der Waals surface area contributed by atoms with Crippen molar-refractivity contribution in [2.45, 2.75) is 24.7 Å². The van der Waals surface area contributed by atoms with Gasteiger partial charge < -0.3 is 5.11 Å². The second-order valence-electron chi connectivity index (χ2n) is 3.99. The molecule has 0 unspecified atom stereocenters. The molecule has 0 heterocycles. The van der Waals surface area contributed by atoms with Crippen LogP contribution in [0.15, 0.2) is 23.1 Å². The zero-order valence-electron chi connectivity index (χ0n) is 8.69. The van der Waals surface area contributed by atoms with Crippen LogP contribution in [0, 0.1) is 12.8 Å². The van der Waals surface area contributed by atoms with Crippen LogP contribution in [-0.2, 0) is 0 Å². The number of hydrogen-bond acceptors (Lipinski definition) is 2. The van der Waals surface area contributed by atoms with Gasteiger partial charge in [0, 0.05) is 10.6 Å². The Labute approximate surface area is 93.7 Å². The zero-order valence-corrected chi connectivity index (χ0v) is 9.51. The smallest absolute Gasteiger partial charge is 0.335 e. The van der Waals surface area contributed by atoms with Gasteiger partial charge in [0.05, 0.1) is 5.56 Å². The highest BCUT2D eigenvalue weighted by molar-refractivity contribution is 7.99. The van der Waals surface area contributed by atoms with Crippen molar-refractivity contribution in [3.05, 3.63) is 29.3 Å². The van der Waals surface area contributed by atoms with Crippen LogP contribution in [0.3, 0.4) is 0 Å². The van der Waals surface area contributed by atoms with Crippen LogP contribution in [0.1, 0.15) is 28.8 Å². The third-order valence-corrected chi connectivity index (χ3v) is 4.08. The van der Waals surface area contributed by atoms with Crippen LogP contribution in [-0.4, -0.2) is 16.8 Å². The minimum absolute atomic E-state index is 0.427. The highest BCUT2D eigenvalue weighted by Crippen LogP contribution is 2.36. The number of aromatic carboxylic acids is 1. The van der Waals surface area contributed by atoms with Crippen molar-refractivity contribution in [3.8, 4) is 0 Å². The van der Waals surface area contributed by atoms with Gasteiger partial charge in [0.1, 0.15) is 0 Å². The molecule has 2 rings (SSSR count). The van der Waals surface area contributed by atoms with Crippen molar-refractivity contribution in [2.24, 2.45) is 5.92 Å². The second-order valence-corrected chi connectivity index (χ2v) is 5.05. The third-order valence-electron chi connectivity index (χ3n) is 2.69. The number of hydrogen-bond donors (Lipinski definition) is 1. The van der Waals surface area contributed by atoms with Gasteiger partial charge in [-0.15, -0.1) is 11.8 Å². The van der Waals surface area contributed by atoms with Crippen LogP contribution in [0.4, 0.5) is 0 Å². The van der Waals surface area contributed by atoms with Crippen molar-refractivity contribution >= 4 is 17.7 Å². The van der Waals surface area contributed by atoms with Crippen molar-refractivity contribution in [3.63, 3.8) is 0 Å². The minimum Gasteiger partial charge on any atom is -0.478 e. The van der Waals surface area contributed by atoms with Crippen LogP contribution in [0.25, 0.3) is 0 Å². The van der Waals surface area contributed by atoms with E-state index in [1.807, 2.05) is 19.1 Å². The van der Waals surface area contributed by atoms with Crippen molar-refractivity contribution < 1.29 is 9.90 Å². The van der Waals surface area contributed by atoms with Crippen LogP contribution in [0.5, 0.6) is 0 Å². The number of carbonyl (C=O) groups is 1. The Morgan fingerprint density at radius 1 is 1.53 bits per heavy atom. The van der Waals surface area contributed by atoms with E-state index in [2.05, 4.69) is 0 Å². The Hall–Kier alpha value is -0.960. The van der Waals surface area contributed by atoms with E-state index in [0.717, 1.165) is 22.1 Å². The number of carboxylic acid groups (broad SMARTS) is 1. The topological polar surface area (TPSA) is 37.3 Å². The summed E-state index contributed by atoms with van der Waals surface area (Å²) in [5, 5.41) is 8.97. The van der Waals surface area contributed by atoms with E-state index in [4.69, 9.17) is 5.11 Å². The van der Waals surface area contributed by atoms with Crippen molar-refractivity contribution in [2.75, 3.05) is 5.75 Å². The zero-order chi connectivity index (χ0) is 10.8. The van der Waals surface area contributed by atoms with Gasteiger partial charge in [-0.3, -0.25) is 0 Å². The first-order valence-corrected chi connectivity index (χ1v) is 6.12.